The van der Waals surface area contributed by atoms with E-state index >= 15 is 0 Å². The Bertz CT molecular complexity index is 253. The molecule has 0 aliphatic carbocycles. The van der Waals surface area contributed by atoms with E-state index in [0.717, 1.165) is 5.69 Å². The molecule has 0 saturated heterocycles. The van der Waals surface area contributed by atoms with Gasteiger partial charge in [0, 0.05) is 23.9 Å². The second-order valence-electron chi connectivity index (χ2n) is 3.63. The highest BCUT2D eigenvalue weighted by Crippen LogP contribution is 2.16. The number of hydrogen-bond acceptors (Lipinski definition) is 2. The van der Waals surface area contributed by atoms with Gasteiger partial charge in [0.05, 0.1) is 0 Å². The largest absolute Gasteiger partial charge is 0.317 e. The Balaban J connectivity index is 2.77. The summed E-state index contributed by atoms with van der Waals surface area (Å²) >= 11 is 0. The van der Waals surface area contributed by atoms with Gasteiger partial charge in [-0.25, -0.2) is 0 Å². The van der Waals surface area contributed by atoms with Crippen LogP contribution in [0.1, 0.15) is 31.0 Å². The number of nitrogens with zero attached hydrogens (tertiary/aromatic N) is 1. The standard InChI is InChI=1S/C11H18N2/c1-8-5-6-11(13-7-8)9(2)10(3)12-4/h5-7,9-10,12H,1-4H3. The van der Waals surface area contributed by atoms with E-state index in [1.807, 2.05) is 13.2 Å². The zero-order valence-electron chi connectivity index (χ0n) is 8.83. The van der Waals surface area contributed by atoms with Gasteiger partial charge >= 0.3 is 0 Å². The van der Waals surface area contributed by atoms with Crippen molar-refractivity contribution in [3.8, 4) is 0 Å². The molecule has 2 unspecified atom stereocenters. The summed E-state index contributed by atoms with van der Waals surface area (Å²) < 4.78 is 0. The number of rotatable bonds is 3. The summed E-state index contributed by atoms with van der Waals surface area (Å²) in [5.74, 6) is 0.464. The maximum absolute atomic E-state index is 4.41. The predicted octanol–water partition coefficient (Wildman–Crippen LogP) is 2.10. The van der Waals surface area contributed by atoms with Gasteiger partial charge in [-0.1, -0.05) is 13.0 Å². The monoisotopic (exact) mass is 178 g/mol. The molecule has 2 heteroatoms. The van der Waals surface area contributed by atoms with Crippen molar-refractivity contribution in [1.82, 2.24) is 10.3 Å². The molecule has 0 amide bonds. The Labute approximate surface area is 80.4 Å². The van der Waals surface area contributed by atoms with Crippen molar-refractivity contribution in [2.24, 2.45) is 0 Å². The molecule has 72 valence electrons. The minimum atomic E-state index is 0.464. The maximum Gasteiger partial charge on any atom is 0.0447 e. The van der Waals surface area contributed by atoms with Crippen LogP contribution in [0.2, 0.25) is 0 Å². The first-order valence-electron chi connectivity index (χ1n) is 4.75. The Morgan fingerprint density at radius 2 is 2.00 bits per heavy atom. The molecule has 0 saturated carbocycles. The second-order valence-corrected chi connectivity index (χ2v) is 3.63. The van der Waals surface area contributed by atoms with E-state index in [0.29, 0.717) is 12.0 Å². The van der Waals surface area contributed by atoms with Gasteiger partial charge in [-0.3, -0.25) is 4.98 Å². The van der Waals surface area contributed by atoms with Crippen molar-refractivity contribution in [1.29, 1.82) is 0 Å². The molecule has 0 fully saturated rings. The highest BCUT2D eigenvalue weighted by atomic mass is 14.9. The molecule has 0 aliphatic rings. The summed E-state index contributed by atoms with van der Waals surface area (Å²) in [6.45, 7) is 6.42. The average Bonchev–Trinajstić information content (AvgIpc) is 2.17. The van der Waals surface area contributed by atoms with Crippen LogP contribution in [0.5, 0.6) is 0 Å². The molecule has 2 nitrogen and oxygen atoms in total. The summed E-state index contributed by atoms with van der Waals surface area (Å²) in [4.78, 5) is 4.41. The van der Waals surface area contributed by atoms with Crippen LogP contribution in [0.4, 0.5) is 0 Å². The first-order chi connectivity index (χ1) is 6.15. The lowest BCUT2D eigenvalue weighted by Gasteiger charge is -2.18. The van der Waals surface area contributed by atoms with E-state index in [2.05, 4.69) is 43.2 Å². The van der Waals surface area contributed by atoms with Gasteiger partial charge < -0.3 is 5.32 Å². The average molecular weight is 178 g/mol. The highest BCUT2D eigenvalue weighted by molar-refractivity contribution is 5.16. The molecule has 1 aromatic heterocycles. The van der Waals surface area contributed by atoms with Crippen LogP contribution in [-0.2, 0) is 0 Å². The Kier molecular flexibility index (Phi) is 3.43. The van der Waals surface area contributed by atoms with Crippen LogP contribution >= 0.6 is 0 Å². The van der Waals surface area contributed by atoms with Crippen molar-refractivity contribution in [2.75, 3.05) is 7.05 Å². The second kappa shape index (κ2) is 4.38. The molecule has 1 N–H and O–H groups in total. The lowest BCUT2D eigenvalue weighted by Crippen LogP contribution is -2.27. The van der Waals surface area contributed by atoms with E-state index < -0.39 is 0 Å². The topological polar surface area (TPSA) is 24.9 Å². The number of hydrogen-bond donors (Lipinski definition) is 1. The number of pyridine rings is 1. The van der Waals surface area contributed by atoms with Crippen LogP contribution in [-0.4, -0.2) is 18.1 Å². The molecule has 0 aromatic carbocycles. The fourth-order valence-electron chi connectivity index (χ4n) is 1.25. The third kappa shape index (κ3) is 2.52. The summed E-state index contributed by atoms with van der Waals surface area (Å²) in [6.07, 6.45) is 1.92. The normalized spacial score (nSPS) is 15.4. The van der Waals surface area contributed by atoms with E-state index in [1.54, 1.807) is 0 Å². The molecule has 1 aromatic rings. The van der Waals surface area contributed by atoms with Gasteiger partial charge in [-0.05, 0) is 32.5 Å². The molecule has 1 heterocycles. The van der Waals surface area contributed by atoms with Gasteiger partial charge in [0.15, 0.2) is 0 Å². The lowest BCUT2D eigenvalue weighted by atomic mass is 9.99. The molecule has 13 heavy (non-hydrogen) atoms. The van der Waals surface area contributed by atoms with Gasteiger partial charge in [0.2, 0.25) is 0 Å². The lowest BCUT2D eigenvalue weighted by molar-refractivity contribution is 0.515. The minimum absolute atomic E-state index is 0.464. The molecule has 0 aliphatic heterocycles. The Hall–Kier alpha value is -0.890. The minimum Gasteiger partial charge on any atom is -0.317 e. The zero-order valence-corrected chi connectivity index (χ0v) is 8.83. The number of aryl methyl sites for hydroxylation is 1. The zero-order chi connectivity index (χ0) is 9.84. The number of nitrogens with one attached hydrogen (secondary N) is 1. The van der Waals surface area contributed by atoms with Crippen LogP contribution in [0.3, 0.4) is 0 Å². The molecular formula is C11H18N2. The fourth-order valence-corrected chi connectivity index (χ4v) is 1.25. The van der Waals surface area contributed by atoms with Crippen molar-refractivity contribution in [2.45, 2.75) is 32.7 Å². The van der Waals surface area contributed by atoms with Crippen LogP contribution in [0.25, 0.3) is 0 Å². The smallest absolute Gasteiger partial charge is 0.0447 e. The Morgan fingerprint density at radius 1 is 1.31 bits per heavy atom. The van der Waals surface area contributed by atoms with Crippen LogP contribution in [0.15, 0.2) is 18.3 Å². The third-order valence-electron chi connectivity index (χ3n) is 2.61. The van der Waals surface area contributed by atoms with Crippen LogP contribution in [0, 0.1) is 6.92 Å². The van der Waals surface area contributed by atoms with Gasteiger partial charge in [-0.15, -0.1) is 0 Å². The highest BCUT2D eigenvalue weighted by Gasteiger charge is 2.12. The van der Waals surface area contributed by atoms with Crippen molar-refractivity contribution >= 4 is 0 Å². The number of aromatic nitrogens is 1. The first-order valence-corrected chi connectivity index (χ1v) is 4.75. The molecule has 0 spiro atoms. The van der Waals surface area contributed by atoms with E-state index in [9.17, 15) is 0 Å². The Morgan fingerprint density at radius 3 is 2.46 bits per heavy atom. The maximum atomic E-state index is 4.41. The van der Waals surface area contributed by atoms with E-state index in [4.69, 9.17) is 0 Å². The SMILES string of the molecule is CNC(C)C(C)c1ccc(C)cn1. The van der Waals surface area contributed by atoms with Crippen LogP contribution < -0.4 is 5.32 Å². The molecule has 1 rings (SSSR count). The van der Waals surface area contributed by atoms with Gasteiger partial charge in [0.1, 0.15) is 0 Å². The fraction of sp³-hybridized carbons (Fsp3) is 0.545. The van der Waals surface area contributed by atoms with Crippen molar-refractivity contribution < 1.29 is 0 Å². The van der Waals surface area contributed by atoms with Gasteiger partial charge in [0.25, 0.3) is 0 Å². The summed E-state index contributed by atoms with van der Waals surface area (Å²) in [6, 6.07) is 4.69. The molecule has 0 bridgehead atoms. The van der Waals surface area contributed by atoms with Crippen molar-refractivity contribution in [3.05, 3.63) is 29.6 Å². The molecule has 2 atom stereocenters. The van der Waals surface area contributed by atoms with Crippen molar-refractivity contribution in [3.63, 3.8) is 0 Å². The molecular weight excluding hydrogens is 160 g/mol. The first kappa shape index (κ1) is 10.2. The number of likely N-dealkylation sites (N-methyl/N-ethyl adjacent to an activating group) is 1. The quantitative estimate of drug-likeness (QED) is 0.766. The van der Waals surface area contributed by atoms with Gasteiger partial charge in [-0.2, -0.15) is 0 Å². The summed E-state index contributed by atoms with van der Waals surface area (Å²) in [5, 5.41) is 3.24. The summed E-state index contributed by atoms with van der Waals surface area (Å²) in [5.41, 5.74) is 2.38. The molecule has 0 radical (unpaired) electrons. The van der Waals surface area contributed by atoms with E-state index in [1.165, 1.54) is 5.56 Å². The predicted molar refractivity (Wildman–Crippen MR) is 55.9 cm³/mol. The third-order valence-corrected chi connectivity index (χ3v) is 2.61. The van der Waals surface area contributed by atoms with E-state index in [-0.39, 0.29) is 0 Å². The summed E-state index contributed by atoms with van der Waals surface area (Å²) in [7, 11) is 1.98.